The number of benzene rings is 1. The number of carbonyl (C=O) groups is 1. The van der Waals surface area contributed by atoms with E-state index < -0.39 is 0 Å². The summed E-state index contributed by atoms with van der Waals surface area (Å²) in [5.74, 6) is 1.95. The maximum atomic E-state index is 12.7. The van der Waals surface area contributed by atoms with Crippen LogP contribution in [0.3, 0.4) is 0 Å². The molecule has 0 bridgehead atoms. The van der Waals surface area contributed by atoms with Gasteiger partial charge in [0.15, 0.2) is 5.82 Å². The quantitative estimate of drug-likeness (QED) is 0.919. The summed E-state index contributed by atoms with van der Waals surface area (Å²) in [5.41, 5.74) is 1.13. The van der Waals surface area contributed by atoms with Gasteiger partial charge >= 0.3 is 6.03 Å². The van der Waals surface area contributed by atoms with Crippen LogP contribution < -0.4 is 10.1 Å². The molecule has 3 rings (SSSR count). The maximum Gasteiger partial charge on any atom is 0.323 e. The summed E-state index contributed by atoms with van der Waals surface area (Å²) in [5, 5.41) is 6.68. The fraction of sp³-hybridized carbons (Fsp3) is 0.444. The monoisotopic (exact) mass is 329 g/mol. The lowest BCUT2D eigenvalue weighted by Crippen LogP contribution is -2.38. The molecule has 0 radical (unpaired) electrons. The zero-order valence-corrected chi connectivity index (χ0v) is 14.1. The minimum absolute atomic E-state index is 0.0615. The number of carbonyl (C=O) groups excluding carboxylic acids is 1. The largest absolute Gasteiger partial charge is 0.497 e. The summed E-state index contributed by atoms with van der Waals surface area (Å²) < 4.78 is 10.2. The highest BCUT2D eigenvalue weighted by atomic mass is 16.5. The van der Waals surface area contributed by atoms with Crippen LogP contribution in [-0.2, 0) is 0 Å². The predicted molar refractivity (Wildman–Crippen MR) is 91.2 cm³/mol. The zero-order valence-electron chi connectivity index (χ0n) is 14.1. The van der Waals surface area contributed by atoms with Gasteiger partial charge < -0.3 is 14.2 Å². The van der Waals surface area contributed by atoms with Crippen molar-refractivity contribution >= 4 is 11.8 Å². The Kier molecular flexibility index (Phi) is 5.03. The van der Waals surface area contributed by atoms with Crippen molar-refractivity contribution in [2.45, 2.75) is 38.6 Å². The van der Waals surface area contributed by atoms with E-state index in [1.165, 1.54) is 0 Å². The summed E-state index contributed by atoms with van der Waals surface area (Å²) in [6, 6.07) is 9.61. The number of likely N-dealkylation sites (tertiary alicyclic amines) is 1. The Bertz CT molecular complexity index is 681. The first-order chi connectivity index (χ1) is 11.7. The molecule has 0 spiro atoms. The molecule has 1 saturated heterocycles. The standard InChI is InChI=1S/C18H23N3O3/c1-13-12-17(20-24-13)19-18(22)21-11-5-3-4-6-16(21)14-7-9-15(23-2)10-8-14/h7-10,12,16H,3-6,11H2,1-2H3,(H,19,20,22)/t16-/m0/s1. The third kappa shape index (κ3) is 3.69. The number of hydrogen-bond donors (Lipinski definition) is 1. The van der Waals surface area contributed by atoms with Gasteiger partial charge in [-0.25, -0.2) is 4.79 Å². The molecular weight excluding hydrogens is 306 g/mol. The number of rotatable bonds is 3. The molecule has 2 heterocycles. The smallest absolute Gasteiger partial charge is 0.323 e. The average molecular weight is 329 g/mol. The van der Waals surface area contributed by atoms with Crippen LogP contribution in [0.15, 0.2) is 34.9 Å². The van der Waals surface area contributed by atoms with Gasteiger partial charge in [-0.2, -0.15) is 0 Å². The number of urea groups is 1. The number of methoxy groups -OCH3 is 1. The average Bonchev–Trinajstić information content (AvgIpc) is 2.86. The van der Waals surface area contributed by atoms with Crippen molar-refractivity contribution < 1.29 is 14.1 Å². The normalized spacial score (nSPS) is 18.1. The lowest BCUT2D eigenvalue weighted by atomic mass is 10.0. The van der Waals surface area contributed by atoms with Crippen LogP contribution in [0.25, 0.3) is 0 Å². The fourth-order valence-electron chi connectivity index (χ4n) is 3.13. The molecule has 128 valence electrons. The lowest BCUT2D eigenvalue weighted by molar-refractivity contribution is 0.189. The van der Waals surface area contributed by atoms with E-state index in [2.05, 4.69) is 10.5 Å². The van der Waals surface area contributed by atoms with E-state index in [-0.39, 0.29) is 12.1 Å². The molecule has 6 nitrogen and oxygen atoms in total. The first kappa shape index (κ1) is 16.4. The summed E-state index contributed by atoms with van der Waals surface area (Å²) in [7, 11) is 1.65. The zero-order chi connectivity index (χ0) is 16.9. The molecule has 6 heteroatoms. The highest BCUT2D eigenvalue weighted by molar-refractivity contribution is 5.88. The van der Waals surface area contributed by atoms with Crippen LogP contribution in [-0.4, -0.2) is 29.7 Å². The molecule has 1 aromatic heterocycles. The number of hydrogen-bond acceptors (Lipinski definition) is 4. The summed E-state index contributed by atoms with van der Waals surface area (Å²) in [6.45, 7) is 2.54. The van der Waals surface area contributed by atoms with Gasteiger partial charge in [0.1, 0.15) is 11.5 Å². The van der Waals surface area contributed by atoms with Crippen molar-refractivity contribution in [2.75, 3.05) is 19.0 Å². The van der Waals surface area contributed by atoms with Gasteiger partial charge in [-0.15, -0.1) is 0 Å². The van der Waals surface area contributed by atoms with Crippen LogP contribution in [0, 0.1) is 6.92 Å². The second kappa shape index (κ2) is 7.38. The molecule has 1 aliphatic rings. The van der Waals surface area contributed by atoms with E-state index in [0.717, 1.165) is 43.5 Å². The maximum absolute atomic E-state index is 12.7. The fourth-order valence-corrected chi connectivity index (χ4v) is 3.13. The van der Waals surface area contributed by atoms with E-state index in [9.17, 15) is 4.79 Å². The lowest BCUT2D eigenvalue weighted by Gasteiger charge is -2.30. The number of nitrogens with one attached hydrogen (secondary N) is 1. The highest BCUT2D eigenvalue weighted by Crippen LogP contribution is 2.31. The van der Waals surface area contributed by atoms with Crippen molar-refractivity contribution in [3.8, 4) is 5.75 Å². The number of amides is 2. The van der Waals surface area contributed by atoms with Crippen molar-refractivity contribution in [1.29, 1.82) is 0 Å². The Morgan fingerprint density at radius 2 is 2.08 bits per heavy atom. The van der Waals surface area contributed by atoms with Crippen molar-refractivity contribution in [1.82, 2.24) is 10.1 Å². The van der Waals surface area contributed by atoms with Crippen LogP contribution in [0.1, 0.15) is 43.0 Å². The predicted octanol–water partition coefficient (Wildman–Crippen LogP) is 4.14. The third-order valence-electron chi connectivity index (χ3n) is 4.38. The molecule has 2 aromatic rings. The second-order valence-electron chi connectivity index (χ2n) is 6.08. The molecule has 1 N–H and O–H groups in total. The Balaban J connectivity index is 1.79. The molecule has 1 atom stereocenters. The number of nitrogens with zero attached hydrogens (tertiary/aromatic N) is 2. The van der Waals surface area contributed by atoms with E-state index in [0.29, 0.717) is 11.6 Å². The van der Waals surface area contributed by atoms with Gasteiger partial charge in [0, 0.05) is 12.6 Å². The van der Waals surface area contributed by atoms with Gasteiger partial charge in [0.05, 0.1) is 13.2 Å². The number of ether oxygens (including phenoxy) is 1. The van der Waals surface area contributed by atoms with Gasteiger partial charge in [-0.3, -0.25) is 5.32 Å². The number of anilines is 1. The van der Waals surface area contributed by atoms with Crippen molar-refractivity contribution in [3.05, 3.63) is 41.7 Å². The highest BCUT2D eigenvalue weighted by Gasteiger charge is 2.27. The van der Waals surface area contributed by atoms with Crippen LogP contribution in [0.4, 0.5) is 10.6 Å². The molecule has 1 aromatic carbocycles. The van der Waals surface area contributed by atoms with Crippen LogP contribution in [0.5, 0.6) is 5.75 Å². The molecule has 0 saturated carbocycles. The molecular formula is C18H23N3O3. The molecule has 0 aliphatic carbocycles. The molecule has 1 fully saturated rings. The Hall–Kier alpha value is -2.50. The van der Waals surface area contributed by atoms with Crippen LogP contribution in [0.2, 0.25) is 0 Å². The molecule has 24 heavy (non-hydrogen) atoms. The number of aromatic nitrogens is 1. The van der Waals surface area contributed by atoms with Gasteiger partial charge in [-0.1, -0.05) is 30.1 Å². The first-order valence-corrected chi connectivity index (χ1v) is 8.32. The second-order valence-corrected chi connectivity index (χ2v) is 6.08. The third-order valence-corrected chi connectivity index (χ3v) is 4.38. The summed E-state index contributed by atoms with van der Waals surface area (Å²) >= 11 is 0. The van der Waals surface area contributed by atoms with E-state index in [1.807, 2.05) is 29.2 Å². The number of aryl methyl sites for hydroxylation is 1. The van der Waals surface area contributed by atoms with E-state index in [4.69, 9.17) is 9.26 Å². The molecule has 0 unspecified atom stereocenters. The Morgan fingerprint density at radius 3 is 2.75 bits per heavy atom. The Morgan fingerprint density at radius 1 is 1.29 bits per heavy atom. The Labute approximate surface area is 141 Å². The van der Waals surface area contributed by atoms with Crippen LogP contribution >= 0.6 is 0 Å². The van der Waals surface area contributed by atoms with Crippen molar-refractivity contribution in [3.63, 3.8) is 0 Å². The van der Waals surface area contributed by atoms with Crippen molar-refractivity contribution in [2.24, 2.45) is 0 Å². The first-order valence-electron chi connectivity index (χ1n) is 8.32. The van der Waals surface area contributed by atoms with Gasteiger partial charge in [-0.05, 0) is 37.5 Å². The SMILES string of the molecule is COc1ccc([C@@H]2CCCCCN2C(=O)Nc2cc(C)on2)cc1. The molecule has 1 aliphatic heterocycles. The van der Waals surface area contributed by atoms with Gasteiger partial charge in [0.25, 0.3) is 0 Å². The minimum atomic E-state index is -0.133. The molecule has 2 amide bonds. The van der Waals surface area contributed by atoms with E-state index >= 15 is 0 Å². The topological polar surface area (TPSA) is 67.6 Å². The van der Waals surface area contributed by atoms with Gasteiger partial charge in [0.2, 0.25) is 0 Å². The summed E-state index contributed by atoms with van der Waals surface area (Å²) in [6.07, 6.45) is 4.22. The van der Waals surface area contributed by atoms with E-state index in [1.54, 1.807) is 20.1 Å². The minimum Gasteiger partial charge on any atom is -0.497 e. The summed E-state index contributed by atoms with van der Waals surface area (Å²) in [4.78, 5) is 14.6.